The molecule has 3 aromatic rings. The summed E-state index contributed by atoms with van der Waals surface area (Å²) in [4.78, 5) is 15.5. The molecule has 0 bridgehead atoms. The van der Waals surface area contributed by atoms with Crippen LogP contribution in [-0.4, -0.2) is 33.7 Å². The molecular formula is C25H28F2N4O. The Morgan fingerprint density at radius 3 is 2.47 bits per heavy atom. The number of halogens is 2. The summed E-state index contributed by atoms with van der Waals surface area (Å²) >= 11 is 0. The predicted molar refractivity (Wildman–Crippen MR) is 120 cm³/mol. The van der Waals surface area contributed by atoms with Crippen molar-refractivity contribution in [2.24, 2.45) is 0 Å². The summed E-state index contributed by atoms with van der Waals surface area (Å²) in [5.74, 6) is -1.65. The third-order valence-corrected chi connectivity index (χ3v) is 6.06. The molecule has 2 heterocycles. The van der Waals surface area contributed by atoms with Crippen LogP contribution in [0.4, 0.5) is 8.78 Å². The van der Waals surface area contributed by atoms with Crippen molar-refractivity contribution in [3.63, 3.8) is 0 Å². The van der Waals surface area contributed by atoms with Gasteiger partial charge in [0.2, 0.25) is 0 Å². The number of aromatic nitrogens is 2. The number of hydrogen-bond donors (Lipinski definition) is 1. The van der Waals surface area contributed by atoms with Crippen molar-refractivity contribution in [3.05, 3.63) is 82.2 Å². The lowest BCUT2D eigenvalue weighted by Crippen LogP contribution is -2.30. The van der Waals surface area contributed by atoms with Crippen molar-refractivity contribution in [1.29, 1.82) is 0 Å². The van der Waals surface area contributed by atoms with Crippen LogP contribution in [0.3, 0.4) is 0 Å². The van der Waals surface area contributed by atoms with Gasteiger partial charge in [-0.15, -0.1) is 0 Å². The number of hydrogen-bond acceptors (Lipinski definition) is 3. The molecule has 1 fully saturated rings. The van der Waals surface area contributed by atoms with Gasteiger partial charge >= 0.3 is 0 Å². The number of nitrogens with one attached hydrogen (secondary N) is 1. The van der Waals surface area contributed by atoms with Crippen LogP contribution in [0, 0.1) is 25.5 Å². The summed E-state index contributed by atoms with van der Waals surface area (Å²) < 4.78 is 28.9. The number of aryl methyl sites for hydroxylation is 1. The molecule has 0 spiro atoms. The van der Waals surface area contributed by atoms with Crippen molar-refractivity contribution in [2.75, 3.05) is 13.1 Å². The number of carbonyl (C=O) groups excluding carboxylic acids is 1. The lowest BCUT2D eigenvalue weighted by atomic mass is 10.0. The van der Waals surface area contributed by atoms with E-state index in [0.29, 0.717) is 23.5 Å². The van der Waals surface area contributed by atoms with Gasteiger partial charge in [0.1, 0.15) is 11.5 Å². The van der Waals surface area contributed by atoms with Gasteiger partial charge in [-0.05, 0) is 63.0 Å². The number of carbonyl (C=O) groups is 1. The molecule has 1 N–H and O–H groups in total. The smallest absolute Gasteiger partial charge is 0.255 e. The first kappa shape index (κ1) is 22.1. The average Bonchev–Trinajstić information content (AvgIpc) is 3.07. The third kappa shape index (κ3) is 4.72. The highest BCUT2D eigenvalue weighted by Gasteiger charge is 2.21. The van der Waals surface area contributed by atoms with E-state index in [0.717, 1.165) is 31.3 Å². The van der Waals surface area contributed by atoms with E-state index in [1.54, 1.807) is 13.8 Å². The fourth-order valence-corrected chi connectivity index (χ4v) is 4.37. The molecule has 168 valence electrons. The molecule has 7 heteroatoms. The highest BCUT2D eigenvalue weighted by Crippen LogP contribution is 2.21. The van der Waals surface area contributed by atoms with Gasteiger partial charge < -0.3 is 5.32 Å². The minimum absolute atomic E-state index is 0.109. The Labute approximate surface area is 187 Å². The molecule has 5 nitrogen and oxygen atoms in total. The average molecular weight is 439 g/mol. The van der Waals surface area contributed by atoms with Gasteiger partial charge in [0.25, 0.3) is 5.91 Å². The van der Waals surface area contributed by atoms with Crippen LogP contribution in [0.15, 0.2) is 42.5 Å². The molecule has 32 heavy (non-hydrogen) atoms. The van der Waals surface area contributed by atoms with Crippen LogP contribution in [0.25, 0.3) is 5.69 Å². The minimum Gasteiger partial charge on any atom is -0.348 e. The van der Waals surface area contributed by atoms with E-state index in [-0.39, 0.29) is 11.6 Å². The van der Waals surface area contributed by atoms with Crippen LogP contribution in [0.5, 0.6) is 0 Å². The maximum atomic E-state index is 14.3. The summed E-state index contributed by atoms with van der Waals surface area (Å²) in [6, 6.07) is 11.5. The first-order valence-corrected chi connectivity index (χ1v) is 11.0. The van der Waals surface area contributed by atoms with Crippen molar-refractivity contribution in [2.45, 2.75) is 46.2 Å². The Bertz CT molecular complexity index is 1120. The molecule has 1 saturated heterocycles. The van der Waals surface area contributed by atoms with Gasteiger partial charge in [0.15, 0.2) is 5.82 Å². The second-order valence-corrected chi connectivity index (χ2v) is 8.34. The van der Waals surface area contributed by atoms with Crippen LogP contribution < -0.4 is 5.32 Å². The molecular weight excluding hydrogens is 410 g/mol. The van der Waals surface area contributed by atoms with Crippen LogP contribution in [-0.2, 0) is 13.1 Å². The molecule has 0 atom stereocenters. The second kappa shape index (κ2) is 9.61. The van der Waals surface area contributed by atoms with Gasteiger partial charge in [0.05, 0.1) is 17.0 Å². The Kier molecular flexibility index (Phi) is 6.65. The second-order valence-electron chi connectivity index (χ2n) is 8.34. The van der Waals surface area contributed by atoms with Gasteiger partial charge in [-0.1, -0.05) is 30.7 Å². The molecule has 0 saturated carbocycles. The number of rotatable bonds is 6. The first-order valence-electron chi connectivity index (χ1n) is 11.0. The third-order valence-electron chi connectivity index (χ3n) is 6.06. The van der Waals surface area contributed by atoms with Gasteiger partial charge in [-0.3, -0.25) is 9.69 Å². The van der Waals surface area contributed by atoms with E-state index in [1.165, 1.54) is 41.6 Å². The molecule has 1 aromatic heterocycles. The number of benzene rings is 2. The van der Waals surface area contributed by atoms with Crippen molar-refractivity contribution in [3.8, 4) is 5.69 Å². The number of piperidine rings is 1. The van der Waals surface area contributed by atoms with E-state index in [2.05, 4.69) is 21.4 Å². The lowest BCUT2D eigenvalue weighted by molar-refractivity contribution is 0.0949. The van der Waals surface area contributed by atoms with Crippen LogP contribution in [0.1, 0.15) is 52.1 Å². The summed E-state index contributed by atoms with van der Waals surface area (Å²) in [5, 5.41) is 7.33. The number of amides is 1. The Morgan fingerprint density at radius 2 is 1.75 bits per heavy atom. The van der Waals surface area contributed by atoms with E-state index in [4.69, 9.17) is 0 Å². The predicted octanol–water partition coefficient (Wildman–Crippen LogP) is 4.68. The van der Waals surface area contributed by atoms with Crippen molar-refractivity contribution >= 4 is 5.91 Å². The first-order chi connectivity index (χ1) is 15.4. The Hall–Kier alpha value is -3.06. The molecule has 2 aromatic carbocycles. The minimum atomic E-state index is -0.728. The van der Waals surface area contributed by atoms with Crippen molar-refractivity contribution in [1.82, 2.24) is 20.0 Å². The molecule has 0 radical (unpaired) electrons. The standard InChI is InChI=1S/C25H28F2N4O/c1-17-24(18(2)31(29-17)23-11-10-21(26)14-22(23)27)25(32)28-15-19-8-4-5-9-20(19)16-30-12-6-3-7-13-30/h4-5,8-11,14H,3,6-7,12-13,15-16H2,1-2H3,(H,28,32). The van der Waals surface area contributed by atoms with E-state index < -0.39 is 11.6 Å². The normalized spacial score (nSPS) is 14.5. The van der Waals surface area contributed by atoms with Gasteiger partial charge in [0, 0.05) is 19.2 Å². The maximum Gasteiger partial charge on any atom is 0.255 e. The summed E-state index contributed by atoms with van der Waals surface area (Å²) in [6.07, 6.45) is 3.76. The maximum absolute atomic E-state index is 14.3. The lowest BCUT2D eigenvalue weighted by Gasteiger charge is -2.27. The fraction of sp³-hybridized carbons (Fsp3) is 0.360. The van der Waals surface area contributed by atoms with Crippen LogP contribution in [0.2, 0.25) is 0 Å². The number of nitrogens with zero attached hydrogens (tertiary/aromatic N) is 3. The molecule has 4 rings (SSSR count). The van der Waals surface area contributed by atoms with Crippen LogP contribution >= 0.6 is 0 Å². The number of likely N-dealkylation sites (tertiary alicyclic amines) is 1. The monoisotopic (exact) mass is 438 g/mol. The summed E-state index contributed by atoms with van der Waals surface area (Å²) in [6.45, 7) is 6.92. The van der Waals surface area contributed by atoms with E-state index >= 15 is 0 Å². The molecule has 1 aliphatic rings. The largest absolute Gasteiger partial charge is 0.348 e. The Morgan fingerprint density at radius 1 is 1.03 bits per heavy atom. The zero-order valence-corrected chi connectivity index (χ0v) is 18.5. The van der Waals surface area contributed by atoms with Gasteiger partial charge in [-0.25, -0.2) is 13.5 Å². The topological polar surface area (TPSA) is 50.2 Å². The van der Waals surface area contributed by atoms with E-state index in [1.807, 2.05) is 18.2 Å². The summed E-state index contributed by atoms with van der Waals surface area (Å²) in [7, 11) is 0. The summed E-state index contributed by atoms with van der Waals surface area (Å²) in [5.41, 5.74) is 3.81. The molecule has 1 amide bonds. The van der Waals surface area contributed by atoms with Gasteiger partial charge in [-0.2, -0.15) is 5.10 Å². The fourth-order valence-electron chi connectivity index (χ4n) is 4.37. The zero-order chi connectivity index (χ0) is 22.7. The highest BCUT2D eigenvalue weighted by molar-refractivity contribution is 5.96. The quantitative estimate of drug-likeness (QED) is 0.608. The van der Waals surface area contributed by atoms with E-state index in [9.17, 15) is 13.6 Å². The zero-order valence-electron chi connectivity index (χ0n) is 18.5. The molecule has 0 unspecified atom stereocenters. The molecule has 0 aliphatic carbocycles. The highest BCUT2D eigenvalue weighted by atomic mass is 19.1. The van der Waals surface area contributed by atoms with Crippen molar-refractivity contribution < 1.29 is 13.6 Å². The Balaban J connectivity index is 1.50. The SMILES string of the molecule is Cc1nn(-c2ccc(F)cc2F)c(C)c1C(=O)NCc1ccccc1CN1CCCCC1. The molecule has 1 aliphatic heterocycles.